The average Bonchev–Trinajstić information content (AvgIpc) is 2.83. The molecule has 0 saturated carbocycles. The van der Waals surface area contributed by atoms with E-state index >= 15 is 0 Å². The van der Waals surface area contributed by atoms with E-state index in [2.05, 4.69) is 31.8 Å². The van der Waals surface area contributed by atoms with Crippen LogP contribution in [0.3, 0.4) is 0 Å². The van der Waals surface area contributed by atoms with Crippen LogP contribution in [0.1, 0.15) is 5.56 Å². The van der Waals surface area contributed by atoms with Crippen LogP contribution in [0, 0.1) is 0 Å². The second-order valence-corrected chi connectivity index (χ2v) is 3.89. The van der Waals surface area contributed by atoms with Gasteiger partial charge in [-0.1, -0.05) is 6.07 Å². The van der Waals surface area contributed by atoms with Crippen LogP contribution >= 0.6 is 11.7 Å². The van der Waals surface area contributed by atoms with E-state index in [1.54, 1.807) is 0 Å². The molecule has 3 nitrogen and oxygen atoms in total. The molecule has 1 aromatic heterocycles. The first-order chi connectivity index (χ1) is 6.42. The topological polar surface area (TPSA) is 28.8 Å². The van der Waals surface area contributed by atoms with Crippen molar-refractivity contribution in [3.8, 4) is 0 Å². The van der Waals surface area contributed by atoms with Crippen molar-refractivity contribution in [2.75, 3.05) is 13.1 Å². The normalized spacial score (nSPS) is 16.6. The van der Waals surface area contributed by atoms with Gasteiger partial charge < -0.3 is 0 Å². The van der Waals surface area contributed by atoms with Gasteiger partial charge in [-0.25, -0.2) is 0 Å². The quantitative estimate of drug-likeness (QED) is 0.674. The Bertz CT molecular complexity index is 433. The highest BCUT2D eigenvalue weighted by Crippen LogP contribution is 2.17. The third kappa shape index (κ3) is 1.43. The minimum Gasteiger partial charge on any atom is -0.297 e. The van der Waals surface area contributed by atoms with Crippen molar-refractivity contribution in [2.24, 2.45) is 0 Å². The largest absolute Gasteiger partial charge is 0.297 e. The van der Waals surface area contributed by atoms with Gasteiger partial charge in [0.1, 0.15) is 11.0 Å². The summed E-state index contributed by atoms with van der Waals surface area (Å²) in [5.74, 6) is 0. The Morgan fingerprint density at radius 1 is 1.23 bits per heavy atom. The van der Waals surface area contributed by atoms with Crippen molar-refractivity contribution < 1.29 is 0 Å². The van der Waals surface area contributed by atoms with Crippen molar-refractivity contribution in [3.05, 3.63) is 23.8 Å². The lowest BCUT2D eigenvalue weighted by atomic mass is 10.2. The molecular formula is C9H9N3S. The van der Waals surface area contributed by atoms with E-state index in [1.165, 1.54) is 30.4 Å². The molecule has 2 heterocycles. The first kappa shape index (κ1) is 7.41. The molecule has 13 heavy (non-hydrogen) atoms. The first-order valence-corrected chi connectivity index (χ1v) is 5.08. The van der Waals surface area contributed by atoms with Gasteiger partial charge in [-0.3, -0.25) is 4.90 Å². The summed E-state index contributed by atoms with van der Waals surface area (Å²) in [5, 5.41) is 0. The van der Waals surface area contributed by atoms with Crippen LogP contribution in [0.2, 0.25) is 0 Å². The summed E-state index contributed by atoms with van der Waals surface area (Å²) in [7, 11) is 0. The highest BCUT2D eigenvalue weighted by molar-refractivity contribution is 7.00. The third-order valence-electron chi connectivity index (χ3n) is 2.26. The van der Waals surface area contributed by atoms with Gasteiger partial charge in [0.2, 0.25) is 0 Å². The van der Waals surface area contributed by atoms with Crippen LogP contribution in [-0.2, 0) is 6.54 Å². The van der Waals surface area contributed by atoms with Crippen molar-refractivity contribution >= 4 is 22.8 Å². The number of fused-ring (bicyclic) bond motifs is 1. The molecule has 0 aliphatic carbocycles. The monoisotopic (exact) mass is 191 g/mol. The molecule has 0 atom stereocenters. The highest BCUT2D eigenvalue weighted by Gasteiger charge is 2.17. The third-order valence-corrected chi connectivity index (χ3v) is 2.82. The van der Waals surface area contributed by atoms with E-state index in [-0.39, 0.29) is 0 Å². The standard InChI is InChI=1S/C9H9N3S/c1-2-8-9(11-13-10-8)5-7(1)6-12-3-4-12/h1-2,5H,3-4,6H2. The van der Waals surface area contributed by atoms with E-state index in [9.17, 15) is 0 Å². The van der Waals surface area contributed by atoms with Gasteiger partial charge in [0, 0.05) is 19.6 Å². The Labute approximate surface area is 80.3 Å². The van der Waals surface area contributed by atoms with Gasteiger partial charge >= 0.3 is 0 Å². The van der Waals surface area contributed by atoms with Gasteiger partial charge in [0.15, 0.2) is 0 Å². The summed E-state index contributed by atoms with van der Waals surface area (Å²) in [6.07, 6.45) is 0. The number of benzene rings is 1. The second kappa shape index (κ2) is 2.75. The summed E-state index contributed by atoms with van der Waals surface area (Å²) < 4.78 is 8.39. The van der Waals surface area contributed by atoms with Crippen molar-refractivity contribution in [2.45, 2.75) is 6.54 Å². The Kier molecular flexibility index (Phi) is 1.57. The summed E-state index contributed by atoms with van der Waals surface area (Å²) in [6, 6.07) is 6.33. The maximum atomic E-state index is 4.22. The maximum Gasteiger partial charge on any atom is 0.105 e. The molecule has 1 fully saturated rings. The lowest BCUT2D eigenvalue weighted by Gasteiger charge is -1.99. The molecule has 0 spiro atoms. The molecule has 4 heteroatoms. The number of nitrogens with zero attached hydrogens (tertiary/aromatic N) is 3. The number of hydrogen-bond acceptors (Lipinski definition) is 4. The molecule has 0 unspecified atom stereocenters. The van der Waals surface area contributed by atoms with Crippen molar-refractivity contribution in [3.63, 3.8) is 0 Å². The lowest BCUT2D eigenvalue weighted by Crippen LogP contribution is -1.95. The summed E-state index contributed by atoms with van der Waals surface area (Å²) in [5.41, 5.74) is 3.39. The molecule has 1 saturated heterocycles. The van der Waals surface area contributed by atoms with E-state index in [0.29, 0.717) is 0 Å². The molecule has 0 amide bonds. The zero-order valence-corrected chi connectivity index (χ0v) is 7.92. The Morgan fingerprint density at radius 2 is 2.08 bits per heavy atom. The van der Waals surface area contributed by atoms with Crippen LogP contribution in [-0.4, -0.2) is 26.7 Å². The molecule has 2 aromatic rings. The van der Waals surface area contributed by atoms with Crippen LogP contribution in [0.4, 0.5) is 0 Å². The molecule has 0 bridgehead atoms. The van der Waals surface area contributed by atoms with Crippen LogP contribution < -0.4 is 0 Å². The Hall–Kier alpha value is -1.00. The molecule has 1 aliphatic heterocycles. The summed E-state index contributed by atoms with van der Waals surface area (Å²) in [6.45, 7) is 3.55. The summed E-state index contributed by atoms with van der Waals surface area (Å²) >= 11 is 1.28. The molecule has 0 radical (unpaired) electrons. The average molecular weight is 191 g/mol. The van der Waals surface area contributed by atoms with Crippen LogP contribution in [0.5, 0.6) is 0 Å². The molecule has 3 rings (SSSR count). The number of aromatic nitrogens is 2. The zero-order valence-electron chi connectivity index (χ0n) is 7.10. The smallest absolute Gasteiger partial charge is 0.105 e. The molecule has 66 valence electrons. The maximum absolute atomic E-state index is 4.22. The Balaban J connectivity index is 1.99. The van der Waals surface area contributed by atoms with E-state index in [1.807, 2.05) is 0 Å². The van der Waals surface area contributed by atoms with Gasteiger partial charge in [-0.15, -0.1) is 0 Å². The first-order valence-electron chi connectivity index (χ1n) is 4.35. The van der Waals surface area contributed by atoms with E-state index in [0.717, 1.165) is 17.6 Å². The lowest BCUT2D eigenvalue weighted by molar-refractivity contribution is 0.556. The van der Waals surface area contributed by atoms with Crippen LogP contribution in [0.25, 0.3) is 11.0 Å². The number of rotatable bonds is 2. The summed E-state index contributed by atoms with van der Waals surface area (Å²) in [4.78, 5) is 2.39. The predicted octanol–water partition coefficient (Wildman–Crippen LogP) is 1.51. The fourth-order valence-electron chi connectivity index (χ4n) is 1.41. The van der Waals surface area contributed by atoms with E-state index < -0.39 is 0 Å². The number of hydrogen-bond donors (Lipinski definition) is 0. The fraction of sp³-hybridized carbons (Fsp3) is 0.333. The van der Waals surface area contributed by atoms with Gasteiger partial charge in [-0.05, 0) is 17.7 Å². The van der Waals surface area contributed by atoms with Gasteiger partial charge in [0.25, 0.3) is 0 Å². The van der Waals surface area contributed by atoms with Crippen LogP contribution in [0.15, 0.2) is 18.2 Å². The van der Waals surface area contributed by atoms with E-state index in [4.69, 9.17) is 0 Å². The van der Waals surface area contributed by atoms with Crippen molar-refractivity contribution in [1.82, 2.24) is 13.6 Å². The zero-order chi connectivity index (χ0) is 8.67. The van der Waals surface area contributed by atoms with Crippen molar-refractivity contribution in [1.29, 1.82) is 0 Å². The van der Waals surface area contributed by atoms with Gasteiger partial charge in [0.05, 0.1) is 11.7 Å². The highest BCUT2D eigenvalue weighted by atomic mass is 32.1. The predicted molar refractivity (Wildman–Crippen MR) is 52.7 cm³/mol. The minimum atomic E-state index is 1.01. The molecule has 0 N–H and O–H groups in total. The molecule has 1 aliphatic rings. The minimum absolute atomic E-state index is 1.01. The molecule has 1 aromatic carbocycles. The Morgan fingerprint density at radius 3 is 2.92 bits per heavy atom. The fourth-order valence-corrected chi connectivity index (χ4v) is 1.93. The SMILES string of the molecule is c1cc2nsnc2cc1CN1CC1. The van der Waals surface area contributed by atoms with Gasteiger partial charge in [-0.2, -0.15) is 8.75 Å². The molecular weight excluding hydrogens is 182 g/mol. The second-order valence-electron chi connectivity index (χ2n) is 3.36.